The van der Waals surface area contributed by atoms with E-state index in [2.05, 4.69) is 20.2 Å². The molecule has 1 amide bonds. The van der Waals surface area contributed by atoms with Gasteiger partial charge in [-0.05, 0) is 56.3 Å². The average molecular weight is 342 g/mol. The van der Waals surface area contributed by atoms with Crippen LogP contribution in [0.1, 0.15) is 38.5 Å². The molecule has 2 heterocycles. The van der Waals surface area contributed by atoms with Crippen molar-refractivity contribution in [1.82, 2.24) is 9.97 Å². The Bertz CT molecular complexity index is 619. The number of nitrogens with one attached hydrogen (secondary N) is 1. The van der Waals surface area contributed by atoms with Gasteiger partial charge in [-0.1, -0.05) is 0 Å². The number of carbonyl (C=O) groups excluding carboxylic acids is 1. The van der Waals surface area contributed by atoms with E-state index < -0.39 is 0 Å². The zero-order valence-corrected chi connectivity index (χ0v) is 14.6. The Hall–Kier alpha value is -1.69. The number of anilines is 2. The lowest BCUT2D eigenvalue weighted by molar-refractivity contribution is -0.140. The van der Waals surface area contributed by atoms with E-state index in [0.717, 1.165) is 61.7 Å². The summed E-state index contributed by atoms with van der Waals surface area (Å²) in [6.07, 6.45) is 10.8. The van der Waals surface area contributed by atoms with Crippen LogP contribution in [0.15, 0.2) is 12.4 Å². The normalized spacial score (nSPS) is 36.5. The van der Waals surface area contributed by atoms with Crippen LogP contribution in [-0.4, -0.2) is 42.2 Å². The fraction of sp³-hybridized carbons (Fsp3) is 0.737. The highest BCUT2D eigenvalue weighted by Crippen LogP contribution is 2.60. The third-order valence-electron chi connectivity index (χ3n) is 6.71. The van der Waals surface area contributed by atoms with Crippen LogP contribution in [0.25, 0.3) is 0 Å². The maximum Gasteiger partial charge on any atom is 0.230 e. The smallest absolute Gasteiger partial charge is 0.230 e. The molecule has 0 aromatic carbocycles. The number of morpholine rings is 1. The van der Waals surface area contributed by atoms with Crippen LogP contribution < -0.4 is 10.2 Å². The van der Waals surface area contributed by atoms with Crippen LogP contribution in [0.5, 0.6) is 0 Å². The van der Waals surface area contributed by atoms with Crippen LogP contribution in [0.4, 0.5) is 11.6 Å². The first kappa shape index (κ1) is 15.6. The van der Waals surface area contributed by atoms with Crippen LogP contribution in [0, 0.1) is 23.2 Å². The summed E-state index contributed by atoms with van der Waals surface area (Å²) in [5.41, 5.74) is 0.593. The molecular weight excluding hydrogens is 316 g/mol. The summed E-state index contributed by atoms with van der Waals surface area (Å²) in [5.74, 6) is 3.25. The Morgan fingerprint density at radius 1 is 1.04 bits per heavy atom. The number of hydrogen-bond donors (Lipinski definition) is 1. The fourth-order valence-electron chi connectivity index (χ4n) is 5.96. The molecule has 0 spiro atoms. The molecule has 0 atom stereocenters. The van der Waals surface area contributed by atoms with Crippen molar-refractivity contribution in [3.05, 3.63) is 12.4 Å². The Morgan fingerprint density at radius 2 is 1.60 bits per heavy atom. The molecule has 4 aliphatic carbocycles. The standard InChI is InChI=1S/C19H26N4O2/c24-17(19-8-13-5-14(9-19)7-15(6-13)10-19)22-16-11-20-18(21-12-16)23-1-3-25-4-2-23/h11-15H,1-10H2,(H,22,24). The zero-order valence-electron chi connectivity index (χ0n) is 14.6. The zero-order chi connectivity index (χ0) is 16.9. The van der Waals surface area contributed by atoms with Crippen LogP contribution >= 0.6 is 0 Å². The van der Waals surface area contributed by atoms with E-state index in [9.17, 15) is 4.79 Å². The van der Waals surface area contributed by atoms with Gasteiger partial charge in [-0.3, -0.25) is 4.79 Å². The third kappa shape index (κ3) is 2.80. The van der Waals surface area contributed by atoms with Gasteiger partial charge in [0.25, 0.3) is 0 Å². The Kier molecular flexibility index (Phi) is 3.69. The number of carbonyl (C=O) groups is 1. The number of hydrogen-bond acceptors (Lipinski definition) is 5. The van der Waals surface area contributed by atoms with Crippen LogP contribution in [-0.2, 0) is 9.53 Å². The van der Waals surface area contributed by atoms with Crippen LogP contribution in [0.3, 0.4) is 0 Å². The first-order valence-electron chi connectivity index (χ1n) is 9.66. The molecular formula is C19H26N4O2. The van der Waals surface area contributed by atoms with Crippen molar-refractivity contribution >= 4 is 17.5 Å². The molecule has 1 aromatic heterocycles. The van der Waals surface area contributed by atoms with Gasteiger partial charge >= 0.3 is 0 Å². The average Bonchev–Trinajstić information content (AvgIpc) is 2.62. The van der Waals surface area contributed by atoms with Gasteiger partial charge in [0.1, 0.15) is 0 Å². The molecule has 4 saturated carbocycles. The highest BCUT2D eigenvalue weighted by molar-refractivity contribution is 5.95. The third-order valence-corrected chi connectivity index (χ3v) is 6.71. The number of amides is 1. The number of aromatic nitrogens is 2. The number of nitrogens with zero attached hydrogens (tertiary/aromatic N) is 3. The first-order chi connectivity index (χ1) is 12.2. The van der Waals surface area contributed by atoms with E-state index >= 15 is 0 Å². The van der Waals surface area contributed by atoms with Crippen molar-refractivity contribution in [3.63, 3.8) is 0 Å². The maximum atomic E-state index is 13.1. The molecule has 134 valence electrons. The van der Waals surface area contributed by atoms with Gasteiger partial charge in [0.05, 0.1) is 36.7 Å². The van der Waals surface area contributed by atoms with Gasteiger partial charge < -0.3 is 15.0 Å². The maximum absolute atomic E-state index is 13.1. The van der Waals surface area contributed by atoms with Gasteiger partial charge in [-0.2, -0.15) is 0 Å². The second-order valence-corrected chi connectivity index (χ2v) is 8.52. The van der Waals surface area contributed by atoms with Gasteiger partial charge in [0.2, 0.25) is 11.9 Å². The van der Waals surface area contributed by atoms with Crippen molar-refractivity contribution in [2.24, 2.45) is 23.2 Å². The number of ether oxygens (including phenoxy) is 1. The van der Waals surface area contributed by atoms with Gasteiger partial charge in [0, 0.05) is 13.1 Å². The molecule has 6 heteroatoms. The molecule has 25 heavy (non-hydrogen) atoms. The summed E-state index contributed by atoms with van der Waals surface area (Å²) >= 11 is 0. The lowest BCUT2D eigenvalue weighted by atomic mass is 9.49. The van der Waals surface area contributed by atoms with E-state index in [1.807, 2.05) is 0 Å². The van der Waals surface area contributed by atoms with E-state index in [1.54, 1.807) is 12.4 Å². The summed E-state index contributed by atoms with van der Waals surface area (Å²) in [4.78, 5) is 24.1. The molecule has 6 nitrogen and oxygen atoms in total. The van der Waals surface area contributed by atoms with E-state index in [-0.39, 0.29) is 11.3 Å². The minimum atomic E-state index is -0.127. The molecule has 1 aliphatic heterocycles. The van der Waals surface area contributed by atoms with Crippen molar-refractivity contribution in [1.29, 1.82) is 0 Å². The summed E-state index contributed by atoms with van der Waals surface area (Å²) in [5, 5.41) is 3.12. The Balaban J connectivity index is 1.28. The van der Waals surface area contributed by atoms with Crippen LogP contribution in [0.2, 0.25) is 0 Å². The van der Waals surface area contributed by atoms with Crippen molar-refractivity contribution in [2.45, 2.75) is 38.5 Å². The van der Waals surface area contributed by atoms with Crippen molar-refractivity contribution in [3.8, 4) is 0 Å². The first-order valence-corrected chi connectivity index (χ1v) is 9.66. The molecule has 5 fully saturated rings. The highest BCUT2D eigenvalue weighted by Gasteiger charge is 2.54. The van der Waals surface area contributed by atoms with Crippen molar-refractivity contribution < 1.29 is 9.53 Å². The van der Waals surface area contributed by atoms with Gasteiger partial charge in [-0.25, -0.2) is 9.97 Å². The largest absolute Gasteiger partial charge is 0.378 e. The molecule has 0 radical (unpaired) electrons. The molecule has 1 saturated heterocycles. The number of rotatable bonds is 3. The second-order valence-electron chi connectivity index (χ2n) is 8.52. The van der Waals surface area contributed by atoms with E-state index in [4.69, 9.17) is 4.74 Å². The highest BCUT2D eigenvalue weighted by atomic mass is 16.5. The minimum Gasteiger partial charge on any atom is -0.378 e. The lowest BCUT2D eigenvalue weighted by Crippen LogP contribution is -2.51. The van der Waals surface area contributed by atoms with Crippen molar-refractivity contribution in [2.75, 3.05) is 36.5 Å². The molecule has 1 aromatic rings. The molecule has 1 N–H and O–H groups in total. The molecule has 0 unspecified atom stereocenters. The summed E-state index contributed by atoms with van der Waals surface area (Å²) in [7, 11) is 0. The summed E-state index contributed by atoms with van der Waals surface area (Å²) in [6.45, 7) is 3.07. The Morgan fingerprint density at radius 3 is 2.16 bits per heavy atom. The fourth-order valence-corrected chi connectivity index (χ4v) is 5.96. The predicted molar refractivity (Wildman–Crippen MR) is 94.3 cm³/mol. The molecule has 6 rings (SSSR count). The second kappa shape index (κ2) is 5.94. The van der Waals surface area contributed by atoms with Gasteiger partial charge in [-0.15, -0.1) is 0 Å². The van der Waals surface area contributed by atoms with E-state index in [1.165, 1.54) is 19.3 Å². The summed E-state index contributed by atoms with van der Waals surface area (Å²) < 4.78 is 5.36. The Labute approximate surface area is 148 Å². The quantitative estimate of drug-likeness (QED) is 0.914. The minimum absolute atomic E-state index is 0.127. The van der Waals surface area contributed by atoms with E-state index in [0.29, 0.717) is 13.2 Å². The predicted octanol–water partition coefficient (Wildman–Crippen LogP) is 2.47. The van der Waals surface area contributed by atoms with Gasteiger partial charge in [0.15, 0.2) is 0 Å². The molecule has 4 bridgehead atoms. The molecule has 5 aliphatic rings. The SMILES string of the molecule is O=C(Nc1cnc(N2CCOCC2)nc1)C12CC3CC(CC(C3)C1)C2. The lowest BCUT2D eigenvalue weighted by Gasteiger charge is -2.55. The monoisotopic (exact) mass is 342 g/mol. The summed E-state index contributed by atoms with van der Waals surface area (Å²) in [6, 6.07) is 0. The topological polar surface area (TPSA) is 67.4 Å².